The smallest absolute Gasteiger partial charge is 0.228 e. The number of hydrogen-bond donors (Lipinski definition) is 2. The van der Waals surface area contributed by atoms with E-state index in [-0.39, 0.29) is 23.7 Å². The van der Waals surface area contributed by atoms with Gasteiger partial charge in [-0.2, -0.15) is 0 Å². The molecule has 142 valence electrons. The summed E-state index contributed by atoms with van der Waals surface area (Å²) < 4.78 is 0. The first-order valence-corrected chi connectivity index (χ1v) is 9.55. The Labute approximate surface area is 160 Å². The van der Waals surface area contributed by atoms with Gasteiger partial charge in [0, 0.05) is 30.2 Å². The van der Waals surface area contributed by atoms with E-state index in [0.29, 0.717) is 6.42 Å². The Morgan fingerprint density at radius 1 is 0.963 bits per heavy atom. The van der Waals surface area contributed by atoms with Crippen molar-refractivity contribution in [2.24, 2.45) is 11.8 Å². The Bertz CT molecular complexity index is 816. The lowest BCUT2D eigenvalue weighted by Gasteiger charge is -2.22. The van der Waals surface area contributed by atoms with E-state index in [1.165, 1.54) is 0 Å². The van der Waals surface area contributed by atoms with Crippen LogP contribution in [0.2, 0.25) is 0 Å². The number of carbonyl (C=O) groups excluding carboxylic acids is 2. The summed E-state index contributed by atoms with van der Waals surface area (Å²) in [6.45, 7) is 8.14. The van der Waals surface area contributed by atoms with E-state index >= 15 is 0 Å². The van der Waals surface area contributed by atoms with E-state index in [1.54, 1.807) is 0 Å². The average molecular weight is 365 g/mol. The number of nitrogens with one attached hydrogen (secondary N) is 2. The van der Waals surface area contributed by atoms with Crippen LogP contribution in [-0.2, 0) is 9.59 Å². The van der Waals surface area contributed by atoms with Gasteiger partial charge in [-0.05, 0) is 63.1 Å². The second-order valence-corrected chi connectivity index (χ2v) is 6.96. The maximum atomic E-state index is 12.5. The molecule has 5 nitrogen and oxygen atoms in total. The molecule has 1 fully saturated rings. The molecular weight excluding hydrogens is 338 g/mol. The van der Waals surface area contributed by atoms with Gasteiger partial charge in [-0.15, -0.1) is 0 Å². The Hall–Kier alpha value is -2.82. The van der Waals surface area contributed by atoms with E-state index in [0.717, 1.165) is 35.7 Å². The molecule has 0 radical (unpaired) electrons. The van der Waals surface area contributed by atoms with Gasteiger partial charge in [0.05, 0.1) is 11.8 Å². The molecule has 0 heterocycles. The van der Waals surface area contributed by atoms with Gasteiger partial charge >= 0.3 is 0 Å². The van der Waals surface area contributed by atoms with Crippen LogP contribution in [0, 0.1) is 18.8 Å². The fourth-order valence-corrected chi connectivity index (χ4v) is 3.33. The Morgan fingerprint density at radius 3 is 2.19 bits per heavy atom. The number of nitrogens with zero attached hydrogens (tertiary/aromatic N) is 1. The summed E-state index contributed by atoms with van der Waals surface area (Å²) in [5, 5.41) is 5.86. The summed E-state index contributed by atoms with van der Waals surface area (Å²) in [6.07, 6.45) is 0.598. The first-order valence-electron chi connectivity index (χ1n) is 9.55. The Kier molecular flexibility index (Phi) is 5.79. The number of amides is 2. The van der Waals surface area contributed by atoms with Crippen molar-refractivity contribution < 1.29 is 9.59 Å². The first kappa shape index (κ1) is 19.0. The lowest BCUT2D eigenvalue weighted by Crippen LogP contribution is -2.22. The van der Waals surface area contributed by atoms with Crippen LogP contribution in [0.5, 0.6) is 0 Å². The van der Waals surface area contributed by atoms with Crippen molar-refractivity contribution in [1.29, 1.82) is 0 Å². The third kappa shape index (κ3) is 4.48. The zero-order valence-corrected chi connectivity index (χ0v) is 16.2. The van der Waals surface area contributed by atoms with Crippen LogP contribution in [0.15, 0.2) is 48.5 Å². The fraction of sp³-hybridized carbons (Fsp3) is 0.364. The van der Waals surface area contributed by atoms with Crippen molar-refractivity contribution >= 4 is 28.9 Å². The van der Waals surface area contributed by atoms with Gasteiger partial charge in [-0.25, -0.2) is 0 Å². The maximum Gasteiger partial charge on any atom is 0.228 e. The van der Waals surface area contributed by atoms with Crippen LogP contribution in [0.3, 0.4) is 0 Å². The number of benzene rings is 2. The topological polar surface area (TPSA) is 61.4 Å². The van der Waals surface area contributed by atoms with E-state index in [1.807, 2.05) is 49.4 Å². The summed E-state index contributed by atoms with van der Waals surface area (Å²) in [4.78, 5) is 27.1. The van der Waals surface area contributed by atoms with E-state index < -0.39 is 0 Å². The van der Waals surface area contributed by atoms with Gasteiger partial charge in [0.15, 0.2) is 0 Å². The molecule has 0 aliphatic heterocycles. The Balaban J connectivity index is 1.58. The van der Waals surface area contributed by atoms with Crippen LogP contribution in [0.25, 0.3) is 0 Å². The zero-order chi connectivity index (χ0) is 19.4. The molecule has 2 unspecified atom stereocenters. The third-order valence-corrected chi connectivity index (χ3v) is 5.10. The van der Waals surface area contributed by atoms with Crippen LogP contribution in [-0.4, -0.2) is 24.9 Å². The summed E-state index contributed by atoms with van der Waals surface area (Å²) in [5.41, 5.74) is 3.75. The largest absolute Gasteiger partial charge is 0.372 e. The highest BCUT2D eigenvalue weighted by atomic mass is 16.2. The first-order chi connectivity index (χ1) is 13.0. The SMILES string of the molecule is CCN(CC)c1ccc(NC(=O)C2CC2C(=O)Nc2ccccc2)c(C)c1. The monoisotopic (exact) mass is 365 g/mol. The van der Waals surface area contributed by atoms with Crippen LogP contribution in [0.1, 0.15) is 25.8 Å². The molecule has 27 heavy (non-hydrogen) atoms. The lowest BCUT2D eigenvalue weighted by molar-refractivity contribution is -0.122. The van der Waals surface area contributed by atoms with Gasteiger partial charge in [0.2, 0.25) is 11.8 Å². The normalized spacial score (nSPS) is 17.9. The number of para-hydroxylation sites is 1. The summed E-state index contributed by atoms with van der Waals surface area (Å²) in [7, 11) is 0. The quantitative estimate of drug-likeness (QED) is 0.778. The van der Waals surface area contributed by atoms with Crippen molar-refractivity contribution in [3.63, 3.8) is 0 Å². The number of anilines is 3. The predicted octanol–water partition coefficient (Wildman–Crippen LogP) is 4.05. The third-order valence-electron chi connectivity index (χ3n) is 5.10. The van der Waals surface area contributed by atoms with Crippen molar-refractivity contribution in [2.75, 3.05) is 28.6 Å². The number of hydrogen-bond acceptors (Lipinski definition) is 3. The van der Waals surface area contributed by atoms with Crippen molar-refractivity contribution in [3.05, 3.63) is 54.1 Å². The van der Waals surface area contributed by atoms with Gasteiger partial charge in [-0.1, -0.05) is 18.2 Å². The number of aryl methyl sites for hydroxylation is 1. The highest BCUT2D eigenvalue weighted by molar-refractivity contribution is 6.03. The maximum absolute atomic E-state index is 12.5. The minimum atomic E-state index is -0.254. The van der Waals surface area contributed by atoms with E-state index in [2.05, 4.69) is 35.4 Å². The molecule has 0 spiro atoms. The minimum absolute atomic E-state index is 0.0816. The summed E-state index contributed by atoms with van der Waals surface area (Å²) >= 11 is 0. The molecular formula is C22H27N3O2. The molecule has 2 aromatic rings. The highest BCUT2D eigenvalue weighted by Crippen LogP contribution is 2.40. The van der Waals surface area contributed by atoms with Crippen LogP contribution >= 0.6 is 0 Å². The molecule has 0 aromatic heterocycles. The molecule has 0 saturated heterocycles. The second kappa shape index (κ2) is 8.25. The molecule has 0 bridgehead atoms. The van der Waals surface area contributed by atoms with Gasteiger partial charge in [0.1, 0.15) is 0 Å². The van der Waals surface area contributed by atoms with E-state index in [4.69, 9.17) is 0 Å². The molecule has 2 atom stereocenters. The van der Waals surface area contributed by atoms with Crippen LogP contribution in [0.4, 0.5) is 17.1 Å². The molecule has 1 aliphatic rings. The molecule has 1 aliphatic carbocycles. The van der Waals surface area contributed by atoms with Gasteiger partial charge in [-0.3, -0.25) is 9.59 Å². The fourth-order valence-electron chi connectivity index (χ4n) is 3.33. The molecule has 2 amide bonds. The van der Waals surface area contributed by atoms with Crippen molar-refractivity contribution in [3.8, 4) is 0 Å². The van der Waals surface area contributed by atoms with Crippen molar-refractivity contribution in [1.82, 2.24) is 0 Å². The average Bonchev–Trinajstić information content (AvgIpc) is 3.47. The minimum Gasteiger partial charge on any atom is -0.372 e. The lowest BCUT2D eigenvalue weighted by atomic mass is 10.1. The Morgan fingerprint density at radius 2 is 1.59 bits per heavy atom. The summed E-state index contributed by atoms with van der Waals surface area (Å²) in [6, 6.07) is 15.4. The van der Waals surface area contributed by atoms with Gasteiger partial charge < -0.3 is 15.5 Å². The number of carbonyl (C=O) groups is 2. The van der Waals surface area contributed by atoms with Gasteiger partial charge in [0.25, 0.3) is 0 Å². The molecule has 5 heteroatoms. The second-order valence-electron chi connectivity index (χ2n) is 6.96. The molecule has 1 saturated carbocycles. The summed E-state index contributed by atoms with van der Waals surface area (Å²) in [5.74, 6) is -0.673. The van der Waals surface area contributed by atoms with E-state index in [9.17, 15) is 9.59 Å². The highest BCUT2D eigenvalue weighted by Gasteiger charge is 2.48. The zero-order valence-electron chi connectivity index (χ0n) is 16.2. The standard InChI is InChI=1S/C22H27N3O2/c1-4-25(5-2)17-11-12-20(15(3)13-17)24-22(27)19-14-18(19)21(26)23-16-9-7-6-8-10-16/h6-13,18-19H,4-5,14H2,1-3H3,(H,23,26)(H,24,27). The molecule has 3 rings (SSSR count). The number of rotatable bonds is 7. The molecule has 2 N–H and O–H groups in total. The predicted molar refractivity (Wildman–Crippen MR) is 110 cm³/mol. The van der Waals surface area contributed by atoms with Crippen molar-refractivity contribution in [2.45, 2.75) is 27.2 Å². The van der Waals surface area contributed by atoms with Crippen LogP contribution < -0.4 is 15.5 Å². The molecule has 2 aromatic carbocycles.